The van der Waals surface area contributed by atoms with Gasteiger partial charge in [0.25, 0.3) is 0 Å². The Morgan fingerprint density at radius 3 is 2.50 bits per heavy atom. The number of aromatic amines is 1. The van der Waals surface area contributed by atoms with Gasteiger partial charge in [0.1, 0.15) is 0 Å². The van der Waals surface area contributed by atoms with E-state index in [9.17, 15) is 13.2 Å². The topological polar surface area (TPSA) is 15.8 Å². The molecule has 0 saturated heterocycles. The van der Waals surface area contributed by atoms with Crippen LogP contribution in [0.25, 0.3) is 10.9 Å². The van der Waals surface area contributed by atoms with Crippen LogP contribution in [-0.2, 0) is 0 Å². The van der Waals surface area contributed by atoms with E-state index in [1.54, 1.807) is 30.3 Å². The zero-order valence-electron chi connectivity index (χ0n) is 6.93. The van der Waals surface area contributed by atoms with Crippen molar-refractivity contribution in [2.24, 2.45) is 0 Å². The number of fused-ring (bicyclic) bond motifs is 1. The summed E-state index contributed by atoms with van der Waals surface area (Å²) >= 11 is -1.48. The van der Waals surface area contributed by atoms with Crippen molar-refractivity contribution in [2.75, 3.05) is 0 Å². The van der Waals surface area contributed by atoms with Crippen molar-refractivity contribution in [3.05, 3.63) is 30.3 Å². The predicted molar refractivity (Wildman–Crippen MR) is 49.7 cm³/mol. The Bertz CT molecular complexity index is 413. The molecule has 0 aliphatic heterocycles. The number of nitrogens with one attached hydrogen (secondary N) is 1. The molecule has 0 amide bonds. The van der Waals surface area contributed by atoms with E-state index in [0.29, 0.717) is 0 Å². The molecule has 2 rings (SSSR count). The fraction of sp³-hybridized carbons (Fsp3) is 0.111. The molecule has 0 aliphatic carbocycles. The molecule has 0 atom stereocenters. The zero-order chi connectivity index (χ0) is 10.2. The third kappa shape index (κ3) is 2.11. The average molecular weight is 264 g/mol. The van der Waals surface area contributed by atoms with Gasteiger partial charge in [-0.25, -0.2) is 0 Å². The second kappa shape index (κ2) is 3.33. The molecule has 1 N–H and O–H groups in total. The van der Waals surface area contributed by atoms with Crippen LogP contribution in [0, 0.1) is 0 Å². The minimum absolute atomic E-state index is 0.270. The van der Waals surface area contributed by atoms with Crippen LogP contribution in [0.5, 0.6) is 0 Å². The molecule has 74 valence electrons. The van der Waals surface area contributed by atoms with Crippen molar-refractivity contribution in [1.29, 1.82) is 0 Å². The first-order chi connectivity index (χ1) is 6.54. The molecule has 1 heterocycles. The predicted octanol–water partition coefficient (Wildman–Crippen LogP) is 2.02. The maximum absolute atomic E-state index is 12.1. The Balaban J connectivity index is 2.36. The number of aromatic nitrogens is 1. The van der Waals surface area contributed by atoms with Crippen LogP contribution in [-0.4, -0.2) is 25.0 Å². The molecule has 0 unspecified atom stereocenters. The summed E-state index contributed by atoms with van der Waals surface area (Å²) in [5, 5.41) is -3.26. The number of H-pyrrole nitrogens is 1. The molecule has 0 fully saturated rings. The molecule has 2 aromatic rings. The summed E-state index contributed by atoms with van der Waals surface area (Å²) in [4.78, 5) is 2.76. The summed E-state index contributed by atoms with van der Waals surface area (Å²) in [6, 6.07) is 8.72. The van der Waals surface area contributed by atoms with Crippen molar-refractivity contribution in [1.82, 2.24) is 4.98 Å². The molecule has 0 aliphatic rings. The Hall–Kier alpha value is -0.931. The van der Waals surface area contributed by atoms with Gasteiger partial charge < -0.3 is 0 Å². The minimum atomic E-state index is -4.09. The normalized spacial score (nSPS) is 12.2. The number of hydrogen-bond donors (Lipinski definition) is 1. The summed E-state index contributed by atoms with van der Waals surface area (Å²) in [7, 11) is 0. The molecule has 0 radical (unpaired) electrons. The van der Waals surface area contributed by atoms with E-state index >= 15 is 0 Å². The van der Waals surface area contributed by atoms with Crippen LogP contribution < -0.4 is 4.59 Å². The summed E-state index contributed by atoms with van der Waals surface area (Å²) in [6.07, 6.45) is 0. The Morgan fingerprint density at radius 1 is 1.14 bits per heavy atom. The third-order valence-electron chi connectivity index (χ3n) is 1.73. The summed E-state index contributed by atoms with van der Waals surface area (Å²) in [5.41, 5.74) is 0.758. The fourth-order valence-corrected chi connectivity index (χ4v) is 2.48. The molecule has 0 bridgehead atoms. The first-order valence-corrected chi connectivity index (χ1v) is 5.59. The van der Waals surface area contributed by atoms with Gasteiger partial charge in [0, 0.05) is 0 Å². The molecule has 1 aromatic carbocycles. The van der Waals surface area contributed by atoms with Gasteiger partial charge >= 0.3 is 84.0 Å². The van der Waals surface area contributed by atoms with Crippen LogP contribution in [0.3, 0.4) is 0 Å². The van der Waals surface area contributed by atoms with Crippen LogP contribution in [0.4, 0.5) is 13.2 Å². The summed E-state index contributed by atoms with van der Waals surface area (Å²) in [6.45, 7) is 0. The van der Waals surface area contributed by atoms with E-state index in [-0.39, 0.29) is 4.59 Å². The van der Waals surface area contributed by atoms with Gasteiger partial charge in [0.15, 0.2) is 0 Å². The number of rotatable bonds is 1. The molecular formula is C9H6F3NSe. The quantitative estimate of drug-likeness (QED) is 0.758. The monoisotopic (exact) mass is 265 g/mol. The average Bonchev–Trinajstić information content (AvgIpc) is 2.42. The van der Waals surface area contributed by atoms with Crippen LogP contribution in [0.2, 0.25) is 0 Å². The van der Waals surface area contributed by atoms with Gasteiger partial charge in [0.05, 0.1) is 0 Å². The zero-order valence-corrected chi connectivity index (χ0v) is 8.64. The number of halogens is 3. The summed E-state index contributed by atoms with van der Waals surface area (Å²) in [5.74, 6) is 0. The molecule has 14 heavy (non-hydrogen) atoms. The van der Waals surface area contributed by atoms with Crippen molar-refractivity contribution < 1.29 is 13.2 Å². The first-order valence-electron chi connectivity index (χ1n) is 3.88. The first kappa shape index (κ1) is 9.62. The van der Waals surface area contributed by atoms with E-state index in [2.05, 4.69) is 4.98 Å². The van der Waals surface area contributed by atoms with Crippen molar-refractivity contribution in [3.63, 3.8) is 0 Å². The summed E-state index contributed by atoms with van der Waals surface area (Å²) < 4.78 is 36.5. The fourth-order valence-electron chi connectivity index (χ4n) is 1.23. The van der Waals surface area contributed by atoms with Crippen LogP contribution >= 0.6 is 0 Å². The van der Waals surface area contributed by atoms with Crippen molar-refractivity contribution in [3.8, 4) is 0 Å². The van der Waals surface area contributed by atoms with Crippen LogP contribution in [0.15, 0.2) is 30.3 Å². The number of alkyl halides is 3. The van der Waals surface area contributed by atoms with Crippen molar-refractivity contribution in [2.45, 2.75) is 5.07 Å². The van der Waals surface area contributed by atoms with Gasteiger partial charge in [-0.05, 0) is 0 Å². The number of para-hydroxylation sites is 1. The second-order valence-electron chi connectivity index (χ2n) is 2.77. The Kier molecular flexibility index (Phi) is 2.29. The Labute approximate surface area is 84.5 Å². The van der Waals surface area contributed by atoms with Crippen LogP contribution in [0.1, 0.15) is 0 Å². The van der Waals surface area contributed by atoms with E-state index in [1.165, 1.54) is 0 Å². The number of benzene rings is 1. The molecular weight excluding hydrogens is 258 g/mol. The van der Waals surface area contributed by atoms with Gasteiger partial charge in [-0.1, -0.05) is 0 Å². The maximum atomic E-state index is 12.1. The molecule has 1 nitrogen and oxygen atoms in total. The standard InChI is InChI=1S/C9H6F3NSe/c10-9(11,12)14-8-5-6-3-1-2-4-7(6)13-8/h1-5,13H. The van der Waals surface area contributed by atoms with Gasteiger partial charge in [0.2, 0.25) is 0 Å². The molecule has 1 aromatic heterocycles. The molecule has 0 spiro atoms. The van der Waals surface area contributed by atoms with Gasteiger partial charge in [-0.15, -0.1) is 0 Å². The van der Waals surface area contributed by atoms with E-state index in [1.807, 2.05) is 0 Å². The Morgan fingerprint density at radius 2 is 1.86 bits per heavy atom. The second-order valence-corrected chi connectivity index (χ2v) is 5.09. The SMILES string of the molecule is FC(F)(F)[Se]c1cc2ccccc2[nH]1. The third-order valence-corrected chi connectivity index (χ3v) is 3.14. The van der Waals surface area contributed by atoms with E-state index in [0.717, 1.165) is 10.9 Å². The van der Waals surface area contributed by atoms with Crippen molar-refractivity contribution >= 4 is 30.5 Å². The number of hydrogen-bond acceptors (Lipinski definition) is 0. The molecule has 0 saturated carbocycles. The van der Waals surface area contributed by atoms with Gasteiger partial charge in [-0.2, -0.15) is 0 Å². The molecule has 5 heteroatoms. The van der Waals surface area contributed by atoms with E-state index < -0.39 is 20.0 Å². The van der Waals surface area contributed by atoms with E-state index in [4.69, 9.17) is 0 Å². The van der Waals surface area contributed by atoms with Gasteiger partial charge in [-0.3, -0.25) is 0 Å².